The summed E-state index contributed by atoms with van der Waals surface area (Å²) in [4.78, 5) is 21.4. The summed E-state index contributed by atoms with van der Waals surface area (Å²) in [7, 11) is 1.65. The van der Waals surface area contributed by atoms with E-state index in [1.54, 1.807) is 7.11 Å². The zero-order valence-electron chi connectivity index (χ0n) is 15.9. The summed E-state index contributed by atoms with van der Waals surface area (Å²) in [6, 6.07) is 7.74. The van der Waals surface area contributed by atoms with E-state index in [-0.39, 0.29) is 23.5 Å². The number of rotatable bonds is 5. The van der Waals surface area contributed by atoms with Crippen molar-refractivity contribution in [3.8, 4) is 0 Å². The van der Waals surface area contributed by atoms with Crippen LogP contribution in [0.3, 0.4) is 0 Å². The molecule has 0 atom stereocenters. The van der Waals surface area contributed by atoms with Crippen LogP contribution < -0.4 is 11.1 Å². The minimum atomic E-state index is -0.319. The maximum Gasteiger partial charge on any atom is 0.277 e. The zero-order valence-corrected chi connectivity index (χ0v) is 15.9. The lowest BCUT2D eigenvalue weighted by atomic mass is 9.96. The van der Waals surface area contributed by atoms with Crippen LogP contribution >= 0.6 is 0 Å². The van der Waals surface area contributed by atoms with Gasteiger partial charge in [0.1, 0.15) is 12.1 Å². The molecule has 28 heavy (non-hydrogen) atoms. The second kappa shape index (κ2) is 7.93. The Labute approximate surface area is 163 Å². The third-order valence-electron chi connectivity index (χ3n) is 5.18. The highest BCUT2D eigenvalue weighted by Crippen LogP contribution is 2.32. The number of nitrogen functional groups attached to an aromatic ring is 1. The van der Waals surface area contributed by atoms with Gasteiger partial charge in [-0.05, 0) is 30.5 Å². The first-order chi connectivity index (χ1) is 13.7. The van der Waals surface area contributed by atoms with Crippen LogP contribution in [0.2, 0.25) is 0 Å². The Kier molecular flexibility index (Phi) is 5.21. The van der Waals surface area contributed by atoms with E-state index in [1.165, 1.54) is 12.7 Å². The van der Waals surface area contributed by atoms with E-state index in [4.69, 9.17) is 10.5 Å². The van der Waals surface area contributed by atoms with Gasteiger partial charge in [-0.2, -0.15) is 5.10 Å². The smallest absolute Gasteiger partial charge is 0.277 e. The molecule has 8 nitrogen and oxygen atoms in total. The van der Waals surface area contributed by atoms with Crippen LogP contribution in [0.25, 0.3) is 11.0 Å². The van der Waals surface area contributed by atoms with Crippen molar-refractivity contribution < 1.29 is 9.53 Å². The minimum absolute atomic E-state index is 0.237. The molecule has 2 aromatic heterocycles. The summed E-state index contributed by atoms with van der Waals surface area (Å²) in [5.74, 6) is -0.0480. The predicted molar refractivity (Wildman–Crippen MR) is 107 cm³/mol. The van der Waals surface area contributed by atoms with Crippen molar-refractivity contribution in [1.82, 2.24) is 19.7 Å². The van der Waals surface area contributed by atoms with Crippen LogP contribution in [0, 0.1) is 0 Å². The van der Waals surface area contributed by atoms with Gasteiger partial charge in [0.25, 0.3) is 5.91 Å². The first kappa shape index (κ1) is 18.4. The largest absolute Gasteiger partial charge is 0.383 e. The summed E-state index contributed by atoms with van der Waals surface area (Å²) >= 11 is 0. The van der Waals surface area contributed by atoms with Crippen molar-refractivity contribution in [3.05, 3.63) is 41.9 Å². The van der Waals surface area contributed by atoms with Gasteiger partial charge in [-0.15, -0.1) is 0 Å². The monoisotopic (exact) mass is 380 g/mol. The van der Waals surface area contributed by atoms with Gasteiger partial charge in [0, 0.05) is 12.8 Å². The van der Waals surface area contributed by atoms with Crippen molar-refractivity contribution in [1.29, 1.82) is 0 Å². The molecule has 4 rings (SSSR count). The predicted octanol–water partition coefficient (Wildman–Crippen LogP) is 3.31. The van der Waals surface area contributed by atoms with Crippen molar-refractivity contribution >= 4 is 28.4 Å². The average Bonchev–Trinajstić information content (AvgIpc) is 3.12. The van der Waals surface area contributed by atoms with E-state index in [1.807, 2.05) is 28.9 Å². The molecular weight excluding hydrogens is 356 g/mol. The fraction of sp³-hybridized carbons (Fsp3) is 0.400. The van der Waals surface area contributed by atoms with Crippen LogP contribution in [0.15, 0.2) is 30.6 Å². The minimum Gasteiger partial charge on any atom is -0.383 e. The molecule has 8 heteroatoms. The Morgan fingerprint density at radius 2 is 1.96 bits per heavy atom. The molecule has 0 spiro atoms. The molecule has 0 unspecified atom stereocenters. The second-order valence-corrected chi connectivity index (χ2v) is 7.13. The first-order valence-corrected chi connectivity index (χ1v) is 9.55. The van der Waals surface area contributed by atoms with Crippen LogP contribution in [0.1, 0.15) is 54.2 Å². The Balaban J connectivity index is 1.66. The van der Waals surface area contributed by atoms with Crippen molar-refractivity contribution in [2.75, 3.05) is 18.2 Å². The number of amides is 1. The molecule has 3 aromatic rings. The third kappa shape index (κ3) is 3.55. The normalized spacial score (nSPS) is 15.0. The van der Waals surface area contributed by atoms with Gasteiger partial charge in [-0.3, -0.25) is 4.79 Å². The molecule has 1 aromatic carbocycles. The number of ether oxygens (including phenoxy) is 1. The highest BCUT2D eigenvalue weighted by molar-refractivity contribution is 6.13. The van der Waals surface area contributed by atoms with E-state index < -0.39 is 0 Å². The van der Waals surface area contributed by atoms with Gasteiger partial charge in [0.2, 0.25) is 0 Å². The van der Waals surface area contributed by atoms with Crippen molar-refractivity contribution in [3.63, 3.8) is 0 Å². The van der Waals surface area contributed by atoms with Crippen LogP contribution in [0.4, 0.5) is 11.5 Å². The Morgan fingerprint density at radius 3 is 2.68 bits per heavy atom. The van der Waals surface area contributed by atoms with E-state index in [0.717, 1.165) is 31.2 Å². The Hall–Kier alpha value is -3.00. The number of anilines is 2. The molecule has 1 saturated carbocycles. The Bertz CT molecular complexity index is 976. The summed E-state index contributed by atoms with van der Waals surface area (Å²) in [6.07, 6.45) is 7.03. The molecular formula is C20H24N6O2. The molecule has 0 aliphatic heterocycles. The van der Waals surface area contributed by atoms with Gasteiger partial charge in [0.15, 0.2) is 11.3 Å². The summed E-state index contributed by atoms with van der Waals surface area (Å²) in [6.45, 7) is 0.526. The highest BCUT2D eigenvalue weighted by Gasteiger charge is 2.26. The molecule has 0 radical (unpaired) electrons. The van der Waals surface area contributed by atoms with Crippen LogP contribution in [-0.4, -0.2) is 32.8 Å². The topological polar surface area (TPSA) is 108 Å². The van der Waals surface area contributed by atoms with Crippen molar-refractivity contribution in [2.24, 2.45) is 0 Å². The molecule has 146 valence electrons. The Morgan fingerprint density at radius 1 is 1.21 bits per heavy atom. The van der Waals surface area contributed by atoms with Gasteiger partial charge >= 0.3 is 0 Å². The van der Waals surface area contributed by atoms with E-state index in [2.05, 4.69) is 20.4 Å². The lowest BCUT2D eigenvalue weighted by Crippen LogP contribution is -2.17. The van der Waals surface area contributed by atoms with Crippen LogP contribution in [-0.2, 0) is 11.3 Å². The standard InChI is InChI=1S/C20H24N6O2/c1-28-11-13-7-9-14(10-8-13)24-20(27)17-16-18(21)22-12-23-19(16)26(25-17)15-5-3-2-4-6-15/h7-10,12,15H,2-6,11H2,1H3,(H,24,27)(H2,21,22,23). The fourth-order valence-corrected chi connectivity index (χ4v) is 3.78. The van der Waals surface area contributed by atoms with E-state index in [0.29, 0.717) is 23.3 Å². The van der Waals surface area contributed by atoms with Gasteiger partial charge < -0.3 is 15.8 Å². The maximum atomic E-state index is 13.0. The number of hydrogen-bond donors (Lipinski definition) is 2. The quantitative estimate of drug-likeness (QED) is 0.703. The summed E-state index contributed by atoms with van der Waals surface area (Å²) < 4.78 is 6.98. The van der Waals surface area contributed by atoms with E-state index >= 15 is 0 Å². The molecule has 0 saturated heterocycles. The zero-order chi connectivity index (χ0) is 19.5. The van der Waals surface area contributed by atoms with E-state index in [9.17, 15) is 4.79 Å². The third-order valence-corrected chi connectivity index (χ3v) is 5.18. The fourth-order valence-electron chi connectivity index (χ4n) is 3.78. The molecule has 3 N–H and O–H groups in total. The first-order valence-electron chi connectivity index (χ1n) is 9.55. The number of hydrogen-bond acceptors (Lipinski definition) is 6. The van der Waals surface area contributed by atoms with Gasteiger partial charge in [-0.25, -0.2) is 14.6 Å². The highest BCUT2D eigenvalue weighted by atomic mass is 16.5. The number of benzene rings is 1. The summed E-state index contributed by atoms with van der Waals surface area (Å²) in [5, 5.41) is 8.03. The van der Waals surface area contributed by atoms with Gasteiger partial charge in [0.05, 0.1) is 18.0 Å². The maximum absolute atomic E-state index is 13.0. The molecule has 1 aliphatic carbocycles. The number of nitrogens with one attached hydrogen (secondary N) is 1. The number of fused-ring (bicyclic) bond motifs is 1. The number of aromatic nitrogens is 4. The number of carbonyl (C=O) groups is 1. The van der Waals surface area contributed by atoms with Crippen LogP contribution in [0.5, 0.6) is 0 Å². The van der Waals surface area contributed by atoms with Crippen molar-refractivity contribution in [2.45, 2.75) is 44.8 Å². The second-order valence-electron chi connectivity index (χ2n) is 7.13. The lowest BCUT2D eigenvalue weighted by Gasteiger charge is -2.22. The number of nitrogens with zero attached hydrogens (tertiary/aromatic N) is 4. The number of carbonyl (C=O) groups excluding carboxylic acids is 1. The summed E-state index contributed by atoms with van der Waals surface area (Å²) in [5.41, 5.74) is 8.69. The molecule has 2 heterocycles. The number of methoxy groups -OCH3 is 1. The molecule has 1 fully saturated rings. The average molecular weight is 380 g/mol. The molecule has 1 aliphatic rings. The SMILES string of the molecule is COCc1ccc(NC(=O)c2nn(C3CCCCC3)c3ncnc(N)c23)cc1. The van der Waals surface area contributed by atoms with Gasteiger partial charge in [-0.1, -0.05) is 31.4 Å². The molecule has 1 amide bonds. The molecule has 0 bridgehead atoms. The lowest BCUT2D eigenvalue weighted by molar-refractivity contribution is 0.102. The number of nitrogens with two attached hydrogens (primary N) is 1.